The Labute approximate surface area is 133 Å². The number of carbonyl (C=O) groups is 1. The van der Waals surface area contributed by atoms with Crippen molar-refractivity contribution in [3.05, 3.63) is 29.3 Å². The van der Waals surface area contributed by atoms with Crippen LogP contribution in [-0.2, 0) is 16.6 Å². The average Bonchev–Trinajstić information content (AvgIpc) is 2.41. The zero-order chi connectivity index (χ0) is 17.2. The number of phenols is 1. The number of halogens is 3. The summed E-state index contributed by atoms with van der Waals surface area (Å²) in [4.78, 5) is 12.8. The number of likely N-dealkylation sites (tertiary alicyclic amines) is 1. The van der Waals surface area contributed by atoms with Crippen LogP contribution >= 0.6 is 0 Å². The maximum atomic E-state index is 12.9. The van der Waals surface area contributed by atoms with Gasteiger partial charge in [-0.2, -0.15) is 13.2 Å². The molecule has 1 unspecified atom stereocenters. The van der Waals surface area contributed by atoms with Crippen LogP contribution in [0, 0.1) is 5.41 Å². The number of hydrogen-bond acceptors (Lipinski definition) is 2. The highest BCUT2D eigenvalue weighted by Gasteiger charge is 2.59. The van der Waals surface area contributed by atoms with Gasteiger partial charge in [0.1, 0.15) is 5.75 Å². The summed E-state index contributed by atoms with van der Waals surface area (Å²) in [6, 6.07) is 4.55. The van der Waals surface area contributed by atoms with E-state index in [1.54, 1.807) is 12.1 Å². The number of carbonyl (C=O) groups excluding carboxylic acids is 1. The minimum atomic E-state index is -4.86. The second-order valence-corrected chi connectivity index (χ2v) is 7.36. The van der Waals surface area contributed by atoms with Crippen LogP contribution < -0.4 is 0 Å². The largest absolute Gasteiger partial charge is 0.508 e. The smallest absolute Gasteiger partial charge is 0.471 e. The van der Waals surface area contributed by atoms with Crippen molar-refractivity contribution in [1.29, 1.82) is 0 Å². The van der Waals surface area contributed by atoms with Crippen molar-refractivity contribution < 1.29 is 23.1 Å². The molecule has 2 aliphatic rings. The number of piperidine rings is 1. The molecule has 0 saturated carbocycles. The summed E-state index contributed by atoms with van der Waals surface area (Å²) in [6.07, 6.45) is -4.06. The fraction of sp³-hybridized carbons (Fsp3) is 0.588. The van der Waals surface area contributed by atoms with Crippen molar-refractivity contribution >= 4 is 5.91 Å². The third-order valence-electron chi connectivity index (χ3n) is 6.08. The molecule has 1 amide bonds. The van der Waals surface area contributed by atoms with Crippen LogP contribution in [0.5, 0.6) is 5.75 Å². The van der Waals surface area contributed by atoms with Crippen LogP contribution in [0.1, 0.15) is 38.3 Å². The standard InChI is InChI=1S/C17H20F3NO2/c1-15(2)13-9-10-8-11(22)4-5-12(10)16(15,3)6-7-21(13)14(23)17(18,19)20/h4-5,8,13,22H,6-7,9H2,1-3H3/t13?,16-/m0/s1. The van der Waals surface area contributed by atoms with Crippen LogP contribution in [0.4, 0.5) is 13.2 Å². The third kappa shape index (κ3) is 2.14. The summed E-state index contributed by atoms with van der Waals surface area (Å²) in [7, 11) is 0. The Morgan fingerprint density at radius 2 is 1.96 bits per heavy atom. The van der Waals surface area contributed by atoms with E-state index in [2.05, 4.69) is 0 Å². The van der Waals surface area contributed by atoms with Crippen LogP contribution in [0.15, 0.2) is 18.2 Å². The molecule has 1 aliphatic heterocycles. The van der Waals surface area contributed by atoms with Gasteiger partial charge in [0.2, 0.25) is 0 Å². The number of benzene rings is 1. The van der Waals surface area contributed by atoms with Crippen molar-refractivity contribution in [3.63, 3.8) is 0 Å². The first-order chi connectivity index (χ1) is 10.5. The molecule has 0 radical (unpaired) electrons. The predicted molar refractivity (Wildman–Crippen MR) is 79.1 cm³/mol. The van der Waals surface area contributed by atoms with Gasteiger partial charge in [0.15, 0.2) is 0 Å². The van der Waals surface area contributed by atoms with Gasteiger partial charge in [0, 0.05) is 18.0 Å². The molecule has 3 nitrogen and oxygen atoms in total. The second-order valence-electron chi connectivity index (χ2n) is 7.36. The van der Waals surface area contributed by atoms with Gasteiger partial charge >= 0.3 is 12.1 Å². The number of phenolic OH excluding ortho intramolecular Hbond substituents is 1. The molecule has 1 aliphatic carbocycles. The zero-order valence-corrected chi connectivity index (χ0v) is 13.4. The van der Waals surface area contributed by atoms with E-state index in [9.17, 15) is 23.1 Å². The summed E-state index contributed by atoms with van der Waals surface area (Å²) in [5.41, 5.74) is 1.07. The zero-order valence-electron chi connectivity index (χ0n) is 13.4. The Kier molecular flexibility index (Phi) is 3.26. The maximum absolute atomic E-state index is 12.9. The van der Waals surface area contributed by atoms with Gasteiger partial charge in [0.05, 0.1) is 0 Å². The van der Waals surface area contributed by atoms with E-state index in [1.165, 1.54) is 0 Å². The minimum absolute atomic E-state index is 0.0961. The molecule has 1 saturated heterocycles. The molecule has 2 atom stereocenters. The van der Waals surface area contributed by atoms with Crippen molar-refractivity contribution in [3.8, 4) is 5.75 Å². The van der Waals surface area contributed by atoms with Gasteiger partial charge in [-0.05, 0) is 41.5 Å². The molecule has 1 N–H and O–H groups in total. The van der Waals surface area contributed by atoms with Gasteiger partial charge in [-0.25, -0.2) is 0 Å². The molecule has 126 valence electrons. The normalized spacial score (nSPS) is 29.1. The van der Waals surface area contributed by atoms with Crippen LogP contribution in [-0.4, -0.2) is 34.7 Å². The monoisotopic (exact) mass is 327 g/mol. The first-order valence-corrected chi connectivity index (χ1v) is 7.68. The highest BCUT2D eigenvalue weighted by atomic mass is 19.4. The Balaban J connectivity index is 2.11. The van der Waals surface area contributed by atoms with E-state index >= 15 is 0 Å². The van der Waals surface area contributed by atoms with E-state index in [-0.39, 0.29) is 17.7 Å². The lowest BCUT2D eigenvalue weighted by molar-refractivity contribution is -0.195. The Morgan fingerprint density at radius 1 is 1.30 bits per heavy atom. The molecule has 1 fully saturated rings. The van der Waals surface area contributed by atoms with Crippen molar-refractivity contribution in [1.82, 2.24) is 4.90 Å². The Bertz CT molecular complexity index is 668. The first-order valence-electron chi connectivity index (χ1n) is 7.68. The fourth-order valence-electron chi connectivity index (χ4n) is 4.33. The third-order valence-corrected chi connectivity index (χ3v) is 6.08. The molecule has 1 aromatic rings. The number of aromatic hydroxyl groups is 1. The van der Waals surface area contributed by atoms with Gasteiger partial charge in [-0.15, -0.1) is 0 Å². The second kappa shape index (κ2) is 4.65. The summed E-state index contributed by atoms with van der Waals surface area (Å²) in [5, 5.41) is 9.71. The molecule has 1 aromatic carbocycles. The number of amides is 1. The molecule has 23 heavy (non-hydrogen) atoms. The highest BCUT2D eigenvalue weighted by molar-refractivity contribution is 5.82. The highest BCUT2D eigenvalue weighted by Crippen LogP contribution is 2.56. The predicted octanol–water partition coefficient (Wildman–Crippen LogP) is 3.40. The lowest BCUT2D eigenvalue weighted by atomic mass is 9.51. The lowest BCUT2D eigenvalue weighted by Crippen LogP contribution is -2.66. The van der Waals surface area contributed by atoms with Crippen LogP contribution in [0.3, 0.4) is 0 Å². The first kappa shape index (κ1) is 16.1. The summed E-state index contributed by atoms with van der Waals surface area (Å²) < 4.78 is 38.8. The molecule has 1 heterocycles. The van der Waals surface area contributed by atoms with Crippen LogP contribution in [0.2, 0.25) is 0 Å². The number of fused-ring (bicyclic) bond motifs is 4. The molecule has 6 heteroatoms. The maximum Gasteiger partial charge on any atom is 0.471 e. The quantitative estimate of drug-likeness (QED) is 0.793. The van der Waals surface area contributed by atoms with Gasteiger partial charge < -0.3 is 10.0 Å². The molecule has 3 rings (SSSR count). The molecule has 0 aromatic heterocycles. The number of nitrogens with zero attached hydrogens (tertiary/aromatic N) is 1. The Morgan fingerprint density at radius 3 is 2.57 bits per heavy atom. The van der Waals surface area contributed by atoms with Crippen molar-refractivity contribution in [2.75, 3.05) is 6.54 Å². The molecular weight excluding hydrogens is 307 g/mol. The molecular formula is C17H20F3NO2. The number of alkyl halides is 3. The number of hydrogen-bond donors (Lipinski definition) is 1. The molecule has 0 spiro atoms. The van der Waals surface area contributed by atoms with E-state index in [0.717, 1.165) is 16.0 Å². The SMILES string of the molecule is CC1(C)C2Cc3cc(O)ccc3[C@]1(C)CCN2C(=O)C(F)(F)F. The lowest BCUT2D eigenvalue weighted by Gasteiger charge is -2.60. The topological polar surface area (TPSA) is 40.5 Å². The summed E-state index contributed by atoms with van der Waals surface area (Å²) >= 11 is 0. The van der Waals surface area contributed by atoms with E-state index < -0.39 is 23.5 Å². The van der Waals surface area contributed by atoms with E-state index in [1.807, 2.05) is 26.8 Å². The van der Waals surface area contributed by atoms with Gasteiger partial charge in [0.25, 0.3) is 0 Å². The van der Waals surface area contributed by atoms with Gasteiger partial charge in [-0.1, -0.05) is 26.8 Å². The van der Waals surface area contributed by atoms with Crippen molar-refractivity contribution in [2.45, 2.75) is 51.2 Å². The van der Waals surface area contributed by atoms with Crippen molar-refractivity contribution in [2.24, 2.45) is 5.41 Å². The number of rotatable bonds is 0. The average molecular weight is 327 g/mol. The van der Waals surface area contributed by atoms with Gasteiger partial charge in [-0.3, -0.25) is 4.79 Å². The van der Waals surface area contributed by atoms with Crippen LogP contribution in [0.25, 0.3) is 0 Å². The Hall–Kier alpha value is -1.72. The van der Waals surface area contributed by atoms with E-state index in [4.69, 9.17) is 0 Å². The molecule has 2 bridgehead atoms. The summed E-state index contributed by atoms with van der Waals surface area (Å²) in [6.45, 7) is 6.01. The summed E-state index contributed by atoms with van der Waals surface area (Å²) in [5.74, 6) is -1.67. The van der Waals surface area contributed by atoms with E-state index in [0.29, 0.717) is 12.8 Å². The minimum Gasteiger partial charge on any atom is -0.508 e. The fourth-order valence-corrected chi connectivity index (χ4v) is 4.33.